The number of carboxylic acid groups (broad SMARTS) is 1. The van der Waals surface area contributed by atoms with E-state index in [9.17, 15) is 4.79 Å². The van der Waals surface area contributed by atoms with Gasteiger partial charge in [-0.1, -0.05) is 22.0 Å². The number of carboxylic acids is 1. The maximum absolute atomic E-state index is 11.0. The normalized spacial score (nSPS) is 10.2. The average Bonchev–Trinajstić information content (AvgIpc) is 2.59. The second-order valence-electron chi connectivity index (χ2n) is 3.35. The molecule has 17 heavy (non-hydrogen) atoms. The Bertz CT molecular complexity index is 566. The third kappa shape index (κ3) is 2.47. The van der Waals surface area contributed by atoms with E-state index < -0.39 is 5.97 Å². The molecule has 0 saturated heterocycles. The fraction of sp³-hybridized carbons (Fsp3) is 0.0909. The van der Waals surface area contributed by atoms with E-state index in [4.69, 9.17) is 9.84 Å². The Morgan fingerprint density at radius 3 is 2.94 bits per heavy atom. The van der Waals surface area contributed by atoms with Crippen LogP contribution >= 0.6 is 15.9 Å². The summed E-state index contributed by atoms with van der Waals surface area (Å²) in [6, 6.07) is 7.15. The lowest BCUT2D eigenvalue weighted by molar-refractivity contribution is 0.0682. The lowest BCUT2D eigenvalue weighted by atomic mass is 10.3. The fourth-order valence-electron chi connectivity index (χ4n) is 1.39. The Kier molecular flexibility index (Phi) is 3.14. The zero-order chi connectivity index (χ0) is 12.4. The van der Waals surface area contributed by atoms with Crippen LogP contribution < -0.4 is 4.74 Å². The summed E-state index contributed by atoms with van der Waals surface area (Å²) >= 11 is 3.31. The van der Waals surface area contributed by atoms with Gasteiger partial charge in [-0.15, -0.1) is 0 Å². The van der Waals surface area contributed by atoms with Gasteiger partial charge in [0.05, 0.1) is 6.20 Å². The molecule has 0 atom stereocenters. The van der Waals surface area contributed by atoms with E-state index in [2.05, 4.69) is 21.0 Å². The smallest absolute Gasteiger partial charge is 0.358 e. The molecule has 1 aromatic carbocycles. The van der Waals surface area contributed by atoms with Crippen molar-refractivity contribution in [3.05, 3.63) is 40.6 Å². The molecule has 0 aliphatic rings. The summed E-state index contributed by atoms with van der Waals surface area (Å²) in [5.74, 6) is -0.303. The van der Waals surface area contributed by atoms with Gasteiger partial charge in [0, 0.05) is 11.5 Å². The lowest BCUT2D eigenvalue weighted by Crippen LogP contribution is -2.06. The average molecular weight is 297 g/mol. The molecule has 0 radical (unpaired) electrons. The molecular formula is C11H9BrN2O3. The van der Waals surface area contributed by atoms with Crippen LogP contribution in [0.25, 0.3) is 0 Å². The second-order valence-corrected chi connectivity index (χ2v) is 4.26. The molecule has 0 aliphatic heterocycles. The van der Waals surface area contributed by atoms with Crippen LogP contribution in [-0.4, -0.2) is 20.9 Å². The number of nitrogens with zero attached hydrogens (tertiary/aromatic N) is 2. The Morgan fingerprint density at radius 1 is 1.53 bits per heavy atom. The topological polar surface area (TPSA) is 64.4 Å². The first-order valence-corrected chi connectivity index (χ1v) is 5.56. The summed E-state index contributed by atoms with van der Waals surface area (Å²) in [5.41, 5.74) is 0.0185. The molecule has 1 aromatic heterocycles. The molecular weight excluding hydrogens is 288 g/mol. The third-order valence-corrected chi connectivity index (χ3v) is 2.62. The molecule has 0 saturated carbocycles. The summed E-state index contributed by atoms with van der Waals surface area (Å²) in [4.78, 5) is 11.0. The van der Waals surface area contributed by atoms with E-state index in [1.807, 2.05) is 6.07 Å². The van der Waals surface area contributed by atoms with Gasteiger partial charge < -0.3 is 9.84 Å². The highest BCUT2D eigenvalue weighted by molar-refractivity contribution is 9.10. The highest BCUT2D eigenvalue weighted by Crippen LogP contribution is 2.26. The number of hydrogen-bond acceptors (Lipinski definition) is 3. The molecule has 1 heterocycles. The van der Waals surface area contributed by atoms with Crippen molar-refractivity contribution in [3.8, 4) is 11.5 Å². The molecule has 1 N–H and O–H groups in total. The number of rotatable bonds is 3. The number of carbonyl (C=O) groups is 1. The van der Waals surface area contributed by atoms with Crippen molar-refractivity contribution < 1.29 is 14.6 Å². The van der Waals surface area contributed by atoms with Gasteiger partial charge in [0.15, 0.2) is 11.4 Å². The Balaban J connectivity index is 2.33. The maximum Gasteiger partial charge on any atom is 0.358 e. The molecule has 5 nitrogen and oxygen atoms in total. The van der Waals surface area contributed by atoms with E-state index >= 15 is 0 Å². The zero-order valence-electron chi connectivity index (χ0n) is 8.92. The monoisotopic (exact) mass is 296 g/mol. The van der Waals surface area contributed by atoms with Gasteiger partial charge in [-0.25, -0.2) is 4.79 Å². The number of aromatic carboxylic acids is 1. The van der Waals surface area contributed by atoms with Crippen molar-refractivity contribution in [2.45, 2.75) is 0 Å². The number of aryl methyl sites for hydroxylation is 1. The molecule has 2 aromatic rings. The first-order valence-electron chi connectivity index (χ1n) is 4.76. The zero-order valence-corrected chi connectivity index (χ0v) is 10.5. The van der Waals surface area contributed by atoms with E-state index in [1.54, 1.807) is 25.2 Å². The maximum atomic E-state index is 11.0. The summed E-state index contributed by atoms with van der Waals surface area (Å²) in [7, 11) is 1.55. The SMILES string of the molecule is Cn1ncc(Oc2cccc(Br)c2)c1C(=O)O. The van der Waals surface area contributed by atoms with Gasteiger partial charge in [-0.3, -0.25) is 4.68 Å². The largest absolute Gasteiger partial charge is 0.476 e. The molecule has 0 unspecified atom stereocenters. The van der Waals surface area contributed by atoms with Crippen LogP contribution in [0.5, 0.6) is 11.5 Å². The van der Waals surface area contributed by atoms with Crippen LogP contribution in [0.15, 0.2) is 34.9 Å². The van der Waals surface area contributed by atoms with E-state index in [1.165, 1.54) is 10.9 Å². The van der Waals surface area contributed by atoms with Gasteiger partial charge in [0.2, 0.25) is 0 Å². The minimum Gasteiger partial charge on any atom is -0.476 e. The van der Waals surface area contributed by atoms with Crippen molar-refractivity contribution in [2.75, 3.05) is 0 Å². The number of ether oxygens (including phenoxy) is 1. The summed E-state index contributed by atoms with van der Waals surface area (Å²) in [5, 5.41) is 12.9. The number of halogens is 1. The van der Waals surface area contributed by atoms with Gasteiger partial charge in [0.1, 0.15) is 5.75 Å². The van der Waals surface area contributed by atoms with Gasteiger partial charge in [-0.05, 0) is 18.2 Å². The first kappa shape index (κ1) is 11.7. The van der Waals surface area contributed by atoms with E-state index in [0.717, 1.165) is 4.47 Å². The van der Waals surface area contributed by atoms with Crippen molar-refractivity contribution in [3.63, 3.8) is 0 Å². The third-order valence-electron chi connectivity index (χ3n) is 2.13. The number of benzene rings is 1. The first-order chi connectivity index (χ1) is 8.08. The van der Waals surface area contributed by atoms with Crippen LogP contribution in [0, 0.1) is 0 Å². The van der Waals surface area contributed by atoms with E-state index in [-0.39, 0.29) is 11.4 Å². The quantitative estimate of drug-likeness (QED) is 0.946. The molecule has 0 amide bonds. The van der Waals surface area contributed by atoms with Crippen molar-refractivity contribution >= 4 is 21.9 Å². The molecule has 0 bridgehead atoms. The lowest BCUT2D eigenvalue weighted by Gasteiger charge is -2.05. The Morgan fingerprint density at radius 2 is 2.29 bits per heavy atom. The molecule has 0 fully saturated rings. The minimum atomic E-state index is -1.07. The van der Waals surface area contributed by atoms with Crippen molar-refractivity contribution in [1.29, 1.82) is 0 Å². The van der Waals surface area contributed by atoms with Crippen LogP contribution in [0.1, 0.15) is 10.5 Å². The highest BCUT2D eigenvalue weighted by atomic mass is 79.9. The van der Waals surface area contributed by atoms with Crippen molar-refractivity contribution in [1.82, 2.24) is 9.78 Å². The van der Waals surface area contributed by atoms with Crippen LogP contribution in [-0.2, 0) is 7.05 Å². The van der Waals surface area contributed by atoms with Gasteiger partial charge in [0.25, 0.3) is 0 Å². The molecule has 0 aliphatic carbocycles. The fourth-order valence-corrected chi connectivity index (χ4v) is 1.77. The predicted octanol–water partition coefficient (Wildman–Crippen LogP) is 2.67. The molecule has 0 spiro atoms. The Hall–Kier alpha value is -1.82. The van der Waals surface area contributed by atoms with Crippen LogP contribution in [0.4, 0.5) is 0 Å². The van der Waals surface area contributed by atoms with Crippen LogP contribution in [0.2, 0.25) is 0 Å². The molecule has 6 heteroatoms. The summed E-state index contributed by atoms with van der Waals surface area (Å²) in [6.45, 7) is 0. The summed E-state index contributed by atoms with van der Waals surface area (Å²) in [6.07, 6.45) is 1.38. The predicted molar refractivity (Wildman–Crippen MR) is 64.4 cm³/mol. The molecule has 88 valence electrons. The molecule has 2 rings (SSSR count). The van der Waals surface area contributed by atoms with Crippen molar-refractivity contribution in [2.24, 2.45) is 7.05 Å². The number of aromatic nitrogens is 2. The van der Waals surface area contributed by atoms with Gasteiger partial charge >= 0.3 is 5.97 Å². The summed E-state index contributed by atoms with van der Waals surface area (Å²) < 4.78 is 7.60. The second kappa shape index (κ2) is 4.58. The van der Waals surface area contributed by atoms with Gasteiger partial charge in [-0.2, -0.15) is 5.10 Å². The highest BCUT2D eigenvalue weighted by Gasteiger charge is 2.17. The Labute approximate surface area is 106 Å². The standard InChI is InChI=1S/C11H9BrN2O3/c1-14-10(11(15)16)9(6-13-14)17-8-4-2-3-7(12)5-8/h2-6H,1H3,(H,15,16). The minimum absolute atomic E-state index is 0.0185. The number of hydrogen-bond donors (Lipinski definition) is 1. The van der Waals surface area contributed by atoms with E-state index in [0.29, 0.717) is 5.75 Å². The van der Waals surface area contributed by atoms with Crippen LogP contribution in [0.3, 0.4) is 0 Å².